The van der Waals surface area contributed by atoms with Crippen LogP contribution in [0, 0.1) is 0 Å². The Hall–Kier alpha value is -3.79. The number of benzene rings is 3. The molecule has 0 saturated carbocycles. The molecule has 0 aliphatic carbocycles. The van der Waals surface area contributed by atoms with Crippen LogP contribution in [0.2, 0.25) is 10.0 Å². The van der Waals surface area contributed by atoms with Gasteiger partial charge in [0.1, 0.15) is 11.4 Å². The molecule has 3 aromatic heterocycles. The van der Waals surface area contributed by atoms with Crippen LogP contribution in [0.5, 0.6) is 0 Å². The van der Waals surface area contributed by atoms with Crippen LogP contribution in [0.1, 0.15) is 11.4 Å². The second-order valence-electron chi connectivity index (χ2n) is 8.03. The summed E-state index contributed by atoms with van der Waals surface area (Å²) in [6.45, 7) is 0.951. The zero-order valence-electron chi connectivity index (χ0n) is 18.7. The Morgan fingerprint density at radius 2 is 1.22 bits per heavy atom. The fourth-order valence-electron chi connectivity index (χ4n) is 3.83. The van der Waals surface area contributed by atoms with Crippen LogP contribution in [0.4, 0.5) is 5.13 Å². The minimum absolute atomic E-state index is 0.475. The van der Waals surface area contributed by atoms with Crippen molar-refractivity contribution in [1.29, 1.82) is 0 Å². The number of aromatic nitrogens is 7. The maximum atomic E-state index is 6.35. The molecule has 0 amide bonds. The maximum absolute atomic E-state index is 6.35. The number of nitrogens with zero attached hydrogens (tertiary/aromatic N) is 8. The van der Waals surface area contributed by atoms with Crippen molar-refractivity contribution in [3.05, 3.63) is 107 Å². The van der Waals surface area contributed by atoms with Crippen molar-refractivity contribution in [3.8, 4) is 11.4 Å². The van der Waals surface area contributed by atoms with Crippen molar-refractivity contribution in [2.75, 3.05) is 4.90 Å². The number of para-hydroxylation sites is 3. The van der Waals surface area contributed by atoms with Gasteiger partial charge in [0.25, 0.3) is 0 Å². The lowest BCUT2D eigenvalue weighted by Crippen LogP contribution is -2.22. The fourth-order valence-corrected chi connectivity index (χ4v) is 5.24. The first-order valence-corrected chi connectivity index (χ1v) is 12.6. The van der Waals surface area contributed by atoms with Crippen LogP contribution in [-0.2, 0) is 13.1 Å². The van der Waals surface area contributed by atoms with E-state index < -0.39 is 0 Å². The molecule has 178 valence electrons. The number of rotatable bonds is 7. The molecular weight excluding hydrogens is 515 g/mol. The third-order valence-electron chi connectivity index (χ3n) is 5.54. The summed E-state index contributed by atoms with van der Waals surface area (Å²) in [6.07, 6.45) is 3.75. The van der Waals surface area contributed by atoms with E-state index in [1.807, 2.05) is 79.1 Å². The average molecular weight is 533 g/mol. The highest BCUT2D eigenvalue weighted by Crippen LogP contribution is 2.31. The Labute approximate surface area is 220 Å². The molecule has 11 heteroatoms. The Kier molecular flexibility index (Phi) is 6.10. The van der Waals surface area contributed by atoms with Gasteiger partial charge in [-0.1, -0.05) is 81.4 Å². The van der Waals surface area contributed by atoms with Gasteiger partial charge in [-0.05, 0) is 36.4 Å². The molecule has 6 rings (SSSR count). The third-order valence-corrected chi connectivity index (χ3v) is 7.28. The molecule has 8 nitrogen and oxygen atoms in total. The number of fused-ring (bicyclic) bond motifs is 1. The molecule has 0 saturated heterocycles. The molecule has 0 fully saturated rings. The summed E-state index contributed by atoms with van der Waals surface area (Å²) in [7, 11) is 0. The van der Waals surface area contributed by atoms with Gasteiger partial charge in [-0.25, -0.2) is 14.3 Å². The summed E-state index contributed by atoms with van der Waals surface area (Å²) in [5.41, 5.74) is 4.03. The van der Waals surface area contributed by atoms with Gasteiger partial charge in [0.2, 0.25) is 0 Å². The molecular formula is C25H18Cl2N8S. The lowest BCUT2D eigenvalue weighted by atomic mass is 10.3. The monoisotopic (exact) mass is 532 g/mol. The minimum Gasteiger partial charge on any atom is -0.336 e. The molecule has 6 aromatic rings. The van der Waals surface area contributed by atoms with E-state index in [1.54, 1.807) is 20.7 Å². The van der Waals surface area contributed by atoms with Crippen LogP contribution in [0.3, 0.4) is 0 Å². The van der Waals surface area contributed by atoms with Crippen LogP contribution >= 0.6 is 34.5 Å². The largest absolute Gasteiger partial charge is 0.336 e. The van der Waals surface area contributed by atoms with Crippen molar-refractivity contribution in [1.82, 2.24) is 35.0 Å². The Morgan fingerprint density at radius 3 is 1.78 bits per heavy atom. The van der Waals surface area contributed by atoms with Crippen LogP contribution < -0.4 is 4.90 Å². The van der Waals surface area contributed by atoms with Crippen molar-refractivity contribution >= 4 is 49.9 Å². The summed E-state index contributed by atoms with van der Waals surface area (Å²) >= 11 is 14.3. The van der Waals surface area contributed by atoms with Crippen molar-refractivity contribution < 1.29 is 0 Å². The van der Waals surface area contributed by atoms with E-state index >= 15 is 0 Å². The van der Waals surface area contributed by atoms with E-state index in [4.69, 9.17) is 28.2 Å². The number of hydrogen-bond acceptors (Lipinski definition) is 7. The third kappa shape index (κ3) is 4.56. The standard InChI is InChI=1S/C25H18Cl2N8S/c26-19-7-1-4-10-22(19)34-15-17(29-31-34)13-33(25-28-21-9-3-6-12-24(21)36-25)14-18-16-35(32-30-18)23-11-5-2-8-20(23)27/h1-12,15-16H,13-14H2. The molecule has 0 radical (unpaired) electrons. The highest BCUT2D eigenvalue weighted by atomic mass is 35.5. The Balaban J connectivity index is 1.32. The first kappa shape index (κ1) is 22.7. The van der Waals surface area contributed by atoms with E-state index in [2.05, 4.69) is 31.6 Å². The normalized spacial score (nSPS) is 11.3. The van der Waals surface area contributed by atoms with Crippen LogP contribution in [0.25, 0.3) is 21.6 Å². The second kappa shape index (κ2) is 9.69. The summed E-state index contributed by atoms with van der Waals surface area (Å²) in [5, 5.41) is 19.4. The first-order chi connectivity index (χ1) is 17.6. The topological polar surface area (TPSA) is 77.5 Å². The van der Waals surface area contributed by atoms with Gasteiger partial charge in [0.05, 0.1) is 57.1 Å². The summed E-state index contributed by atoms with van der Waals surface area (Å²) in [5.74, 6) is 0. The number of halogens is 2. The number of thiazole rings is 1. The zero-order chi connectivity index (χ0) is 24.5. The number of hydrogen-bond donors (Lipinski definition) is 0. The summed E-state index contributed by atoms with van der Waals surface area (Å²) in [4.78, 5) is 6.97. The summed E-state index contributed by atoms with van der Waals surface area (Å²) in [6, 6.07) is 23.1. The fraction of sp³-hybridized carbons (Fsp3) is 0.0800. The molecule has 0 atom stereocenters. The summed E-state index contributed by atoms with van der Waals surface area (Å²) < 4.78 is 4.47. The zero-order valence-corrected chi connectivity index (χ0v) is 21.1. The lowest BCUT2D eigenvalue weighted by molar-refractivity contribution is 0.744. The maximum Gasteiger partial charge on any atom is 0.187 e. The minimum atomic E-state index is 0.475. The predicted molar refractivity (Wildman–Crippen MR) is 142 cm³/mol. The van der Waals surface area contributed by atoms with E-state index in [1.165, 1.54) is 0 Å². The van der Waals surface area contributed by atoms with E-state index in [0.29, 0.717) is 23.1 Å². The molecule has 3 heterocycles. The van der Waals surface area contributed by atoms with Crippen LogP contribution in [-0.4, -0.2) is 35.0 Å². The van der Waals surface area contributed by atoms with Gasteiger partial charge < -0.3 is 4.90 Å². The smallest absolute Gasteiger partial charge is 0.187 e. The second-order valence-corrected chi connectivity index (χ2v) is 9.86. The Morgan fingerprint density at radius 1 is 0.694 bits per heavy atom. The predicted octanol–water partition coefficient (Wildman–Crippen LogP) is 5.97. The molecule has 0 aliphatic rings. The Bertz CT molecular complexity index is 1540. The number of anilines is 1. The van der Waals surface area contributed by atoms with Crippen molar-refractivity contribution in [2.45, 2.75) is 13.1 Å². The first-order valence-electron chi connectivity index (χ1n) is 11.1. The molecule has 0 unspecified atom stereocenters. The van der Waals surface area contributed by atoms with Gasteiger partial charge in [-0.3, -0.25) is 0 Å². The molecule has 36 heavy (non-hydrogen) atoms. The van der Waals surface area contributed by atoms with Gasteiger partial charge >= 0.3 is 0 Å². The van der Waals surface area contributed by atoms with Gasteiger partial charge in [-0.15, -0.1) is 10.2 Å². The van der Waals surface area contributed by atoms with Gasteiger partial charge in [-0.2, -0.15) is 0 Å². The molecule has 0 aliphatic heterocycles. The SMILES string of the molecule is Clc1ccccc1-n1cc(CN(Cc2cn(-c3ccccc3Cl)nn2)c2nc3ccccc3s2)nn1. The molecule has 0 N–H and O–H groups in total. The van der Waals surface area contributed by atoms with E-state index in [0.717, 1.165) is 38.1 Å². The van der Waals surface area contributed by atoms with E-state index in [9.17, 15) is 0 Å². The van der Waals surface area contributed by atoms with Crippen molar-refractivity contribution in [2.24, 2.45) is 0 Å². The molecule has 3 aromatic carbocycles. The van der Waals surface area contributed by atoms with Gasteiger partial charge in [0, 0.05) is 0 Å². The highest BCUT2D eigenvalue weighted by molar-refractivity contribution is 7.22. The lowest BCUT2D eigenvalue weighted by Gasteiger charge is -2.19. The highest BCUT2D eigenvalue weighted by Gasteiger charge is 2.18. The van der Waals surface area contributed by atoms with Gasteiger partial charge in [0.15, 0.2) is 5.13 Å². The van der Waals surface area contributed by atoms with Crippen molar-refractivity contribution in [3.63, 3.8) is 0 Å². The average Bonchev–Trinajstić information content (AvgIpc) is 3.64. The van der Waals surface area contributed by atoms with Crippen LogP contribution in [0.15, 0.2) is 85.2 Å². The quantitative estimate of drug-likeness (QED) is 0.252. The molecule has 0 spiro atoms. The molecule has 0 bridgehead atoms. The van der Waals surface area contributed by atoms with E-state index in [-0.39, 0.29) is 0 Å².